The number of carbonyl (C=O) groups is 1. The smallest absolute Gasteiger partial charge is 0.229 e. The highest BCUT2D eigenvalue weighted by molar-refractivity contribution is 7.80. The number of aromatic nitrogens is 2. The van der Waals surface area contributed by atoms with E-state index in [0.717, 1.165) is 17.1 Å². The molecule has 190 valence electrons. The van der Waals surface area contributed by atoms with Crippen molar-refractivity contribution in [3.63, 3.8) is 0 Å². The summed E-state index contributed by atoms with van der Waals surface area (Å²) < 4.78 is 13.2. The van der Waals surface area contributed by atoms with Gasteiger partial charge in [0.15, 0.2) is 5.11 Å². The van der Waals surface area contributed by atoms with E-state index in [-0.39, 0.29) is 18.0 Å². The lowest BCUT2D eigenvalue weighted by Gasteiger charge is -2.29. The average Bonchev–Trinajstić information content (AvgIpc) is 3.46. The lowest BCUT2D eigenvalue weighted by molar-refractivity contribution is -0.123. The van der Waals surface area contributed by atoms with E-state index in [1.807, 2.05) is 63.2 Å². The van der Waals surface area contributed by atoms with Gasteiger partial charge in [-0.25, -0.2) is 0 Å². The zero-order chi connectivity index (χ0) is 25.9. The second kappa shape index (κ2) is 10.7. The summed E-state index contributed by atoms with van der Waals surface area (Å²) in [6.07, 6.45) is 3.84. The number of rotatable bonds is 8. The summed E-state index contributed by atoms with van der Waals surface area (Å²) in [4.78, 5) is 19.3. The lowest BCUT2D eigenvalue weighted by Crippen LogP contribution is -2.31. The first kappa shape index (κ1) is 25.7. The molecule has 1 aliphatic heterocycles. The zero-order valence-electron chi connectivity index (χ0n) is 21.3. The van der Waals surface area contributed by atoms with E-state index in [4.69, 9.17) is 21.7 Å². The minimum absolute atomic E-state index is 0.0871. The molecule has 3 heterocycles. The number of pyridine rings is 1. The first-order valence-electron chi connectivity index (χ1n) is 11.9. The van der Waals surface area contributed by atoms with E-state index in [1.54, 1.807) is 20.4 Å². The molecule has 0 bridgehead atoms. The molecule has 1 amide bonds. The number of benzene rings is 1. The van der Waals surface area contributed by atoms with Crippen molar-refractivity contribution in [3.8, 4) is 5.75 Å². The molecule has 3 aromatic rings. The molecule has 8 nitrogen and oxygen atoms in total. The monoisotopic (exact) mass is 507 g/mol. The first-order chi connectivity index (χ1) is 17.2. The van der Waals surface area contributed by atoms with Crippen molar-refractivity contribution < 1.29 is 14.3 Å². The number of hydrogen-bond acceptors (Lipinski definition) is 5. The molecule has 1 aromatic carbocycles. The van der Waals surface area contributed by atoms with Gasteiger partial charge in [0.2, 0.25) is 5.91 Å². The summed E-state index contributed by atoms with van der Waals surface area (Å²) in [5, 5.41) is 7.05. The summed E-state index contributed by atoms with van der Waals surface area (Å²) in [5.41, 5.74) is 2.91. The molecule has 1 fully saturated rings. The maximum atomic E-state index is 12.6. The second-order valence-corrected chi connectivity index (χ2v) is 10.1. The summed E-state index contributed by atoms with van der Waals surface area (Å²) >= 11 is 5.85. The van der Waals surface area contributed by atoms with Gasteiger partial charge >= 0.3 is 0 Å². The quantitative estimate of drug-likeness (QED) is 0.428. The number of nitrogens with one attached hydrogen (secondary N) is 2. The molecule has 0 unspecified atom stereocenters. The van der Waals surface area contributed by atoms with Gasteiger partial charge in [0.1, 0.15) is 11.8 Å². The minimum Gasteiger partial charge on any atom is -0.494 e. The highest BCUT2D eigenvalue weighted by atomic mass is 32.1. The molecule has 2 aromatic heterocycles. The molecule has 1 saturated heterocycles. The van der Waals surface area contributed by atoms with Crippen molar-refractivity contribution in [2.24, 2.45) is 5.41 Å². The van der Waals surface area contributed by atoms with Crippen LogP contribution in [-0.4, -0.2) is 41.4 Å². The van der Waals surface area contributed by atoms with Crippen molar-refractivity contribution >= 4 is 34.6 Å². The van der Waals surface area contributed by atoms with Gasteiger partial charge in [-0.1, -0.05) is 26.8 Å². The van der Waals surface area contributed by atoms with Crippen molar-refractivity contribution in [2.75, 3.05) is 31.0 Å². The number of hydrogen-bond donors (Lipinski definition) is 2. The highest BCUT2D eigenvalue weighted by Crippen LogP contribution is 2.43. The number of carbonyl (C=O) groups excluding carboxylic acids is 1. The van der Waals surface area contributed by atoms with E-state index < -0.39 is 5.41 Å². The fourth-order valence-electron chi connectivity index (χ4n) is 4.27. The average molecular weight is 508 g/mol. The maximum absolute atomic E-state index is 12.6. The second-order valence-electron chi connectivity index (χ2n) is 9.70. The Morgan fingerprint density at radius 3 is 2.64 bits per heavy atom. The third-order valence-electron chi connectivity index (χ3n) is 6.19. The molecule has 2 N–H and O–H groups in total. The van der Waals surface area contributed by atoms with E-state index >= 15 is 0 Å². The van der Waals surface area contributed by atoms with Crippen LogP contribution in [0, 0.1) is 5.41 Å². The van der Waals surface area contributed by atoms with Crippen molar-refractivity contribution in [1.29, 1.82) is 0 Å². The fraction of sp³-hybridized carbons (Fsp3) is 0.370. The van der Waals surface area contributed by atoms with Crippen molar-refractivity contribution in [3.05, 3.63) is 72.3 Å². The van der Waals surface area contributed by atoms with E-state index in [0.29, 0.717) is 29.7 Å². The molecule has 2 atom stereocenters. The minimum atomic E-state index is -0.529. The molecule has 36 heavy (non-hydrogen) atoms. The van der Waals surface area contributed by atoms with Gasteiger partial charge in [0.25, 0.3) is 0 Å². The first-order valence-corrected chi connectivity index (χ1v) is 12.3. The fourth-order valence-corrected chi connectivity index (χ4v) is 4.61. The van der Waals surface area contributed by atoms with Gasteiger partial charge in [-0.3, -0.25) is 9.78 Å². The molecule has 0 aliphatic carbocycles. The largest absolute Gasteiger partial charge is 0.494 e. The molecular formula is C27H33N5O3S. The van der Waals surface area contributed by atoms with E-state index in [1.165, 1.54) is 0 Å². The summed E-state index contributed by atoms with van der Waals surface area (Å²) in [7, 11) is 3.29. The third-order valence-corrected chi connectivity index (χ3v) is 6.51. The number of methoxy groups -OCH3 is 2. The lowest BCUT2D eigenvalue weighted by atomic mass is 9.95. The van der Waals surface area contributed by atoms with Gasteiger partial charge in [-0.15, -0.1) is 0 Å². The van der Waals surface area contributed by atoms with E-state index in [9.17, 15) is 4.79 Å². The third kappa shape index (κ3) is 5.22. The van der Waals surface area contributed by atoms with Gasteiger partial charge < -0.3 is 29.6 Å². The SMILES string of the molecule is COCCn1cccc1[C@H]1[C@H](c2ccccn2)NC(=S)N1c1ccc(NC(=O)C(C)(C)C)c(OC)c1. The Morgan fingerprint density at radius 2 is 1.97 bits per heavy atom. The predicted molar refractivity (Wildman–Crippen MR) is 145 cm³/mol. The molecule has 0 saturated carbocycles. The summed E-state index contributed by atoms with van der Waals surface area (Å²) in [6.45, 7) is 6.93. The molecule has 0 spiro atoms. The van der Waals surface area contributed by atoms with Crippen LogP contribution >= 0.6 is 12.2 Å². The van der Waals surface area contributed by atoms with Gasteiger partial charge in [0.05, 0.1) is 31.1 Å². The van der Waals surface area contributed by atoms with Crippen LogP contribution in [0.3, 0.4) is 0 Å². The summed E-state index contributed by atoms with van der Waals surface area (Å²) in [5.74, 6) is 0.471. The van der Waals surface area contributed by atoms with Crippen LogP contribution in [0.5, 0.6) is 5.75 Å². The molecule has 9 heteroatoms. The Morgan fingerprint density at radius 1 is 1.17 bits per heavy atom. The molecule has 4 rings (SSSR count). The number of nitrogens with zero attached hydrogens (tertiary/aromatic N) is 3. The number of amides is 1. The Bertz CT molecular complexity index is 1220. The van der Waals surface area contributed by atoms with Crippen LogP contribution in [0.1, 0.15) is 44.2 Å². The maximum Gasteiger partial charge on any atom is 0.229 e. The Hall–Kier alpha value is -3.43. The standard InChI is InChI=1S/C27H33N5O3S/c1-27(2,3)25(33)29-19-12-11-18(17-22(19)35-5)32-24(21-10-8-14-31(21)15-16-34-4)23(30-26(32)36)20-9-6-7-13-28-20/h6-14,17,23-24H,15-16H2,1-5H3,(H,29,33)(H,30,36)/t23-,24-/m0/s1. The van der Waals surface area contributed by atoms with Gasteiger partial charge in [-0.2, -0.15) is 0 Å². The van der Waals surface area contributed by atoms with Crippen LogP contribution in [0.4, 0.5) is 11.4 Å². The van der Waals surface area contributed by atoms with Crippen LogP contribution in [0.25, 0.3) is 0 Å². The normalized spacial score (nSPS) is 17.7. The molecule has 0 radical (unpaired) electrons. The van der Waals surface area contributed by atoms with Crippen LogP contribution < -0.4 is 20.3 Å². The number of anilines is 2. The number of ether oxygens (including phenoxy) is 2. The Kier molecular flexibility index (Phi) is 7.61. The molecular weight excluding hydrogens is 474 g/mol. The highest BCUT2D eigenvalue weighted by Gasteiger charge is 2.42. The number of thiocarbonyl (C=S) groups is 1. The Balaban J connectivity index is 1.76. The van der Waals surface area contributed by atoms with Crippen molar-refractivity contribution in [2.45, 2.75) is 39.4 Å². The predicted octanol–water partition coefficient (Wildman–Crippen LogP) is 4.70. The van der Waals surface area contributed by atoms with Crippen molar-refractivity contribution in [1.82, 2.24) is 14.9 Å². The molecule has 1 aliphatic rings. The summed E-state index contributed by atoms with van der Waals surface area (Å²) in [6, 6.07) is 15.4. The van der Waals surface area contributed by atoms with E-state index in [2.05, 4.69) is 37.3 Å². The van der Waals surface area contributed by atoms with Crippen LogP contribution in [-0.2, 0) is 16.1 Å². The van der Waals surface area contributed by atoms with Gasteiger partial charge in [-0.05, 0) is 48.6 Å². The van der Waals surface area contributed by atoms with Gasteiger partial charge in [0, 0.05) is 48.9 Å². The Labute approximate surface area is 217 Å². The zero-order valence-corrected chi connectivity index (χ0v) is 22.1. The van der Waals surface area contributed by atoms with Crippen LogP contribution in [0.2, 0.25) is 0 Å². The topological polar surface area (TPSA) is 80.7 Å². The van der Waals surface area contributed by atoms with Crippen LogP contribution in [0.15, 0.2) is 60.9 Å².